The molecule has 0 unspecified atom stereocenters. The molecule has 7 nitrogen and oxygen atoms in total. The zero-order valence-corrected chi connectivity index (χ0v) is 12.2. The first-order chi connectivity index (χ1) is 10.0. The van der Waals surface area contributed by atoms with E-state index in [1.54, 1.807) is 0 Å². The molecule has 0 aromatic heterocycles. The van der Waals surface area contributed by atoms with E-state index in [1.807, 2.05) is 6.07 Å². The molecule has 0 N–H and O–H groups in total. The van der Waals surface area contributed by atoms with Crippen molar-refractivity contribution in [2.24, 2.45) is 0 Å². The fourth-order valence-corrected chi connectivity index (χ4v) is 1.86. The molecule has 0 heterocycles. The molecule has 0 aliphatic rings. The average Bonchev–Trinajstić information content (AvgIpc) is 2.47. The maximum atomic E-state index is 12.4. The number of nitriles is 1. The highest BCUT2D eigenvalue weighted by atomic mass is 35.5. The first kappa shape index (κ1) is 16.9. The van der Waals surface area contributed by atoms with E-state index in [1.165, 1.54) is 24.1 Å². The number of carbonyl (C=O) groups is 1. The molecule has 0 spiro atoms. The van der Waals surface area contributed by atoms with Gasteiger partial charge in [-0.3, -0.25) is 14.9 Å². The number of benzene rings is 1. The SMILES string of the molecule is COCCN(CCC#N)C(=O)c1cc([N+](=O)[O-])ccc1Cl. The van der Waals surface area contributed by atoms with Gasteiger partial charge in [0, 0.05) is 32.3 Å². The van der Waals surface area contributed by atoms with Gasteiger partial charge in [0.1, 0.15) is 0 Å². The van der Waals surface area contributed by atoms with Gasteiger partial charge in [0.2, 0.25) is 0 Å². The second-order valence-electron chi connectivity index (χ2n) is 4.11. The van der Waals surface area contributed by atoms with Gasteiger partial charge in [0.05, 0.1) is 34.6 Å². The molecule has 1 aromatic rings. The Labute approximate surface area is 126 Å². The fourth-order valence-electron chi connectivity index (χ4n) is 1.66. The predicted molar refractivity (Wildman–Crippen MR) is 76.1 cm³/mol. The number of amides is 1. The number of hydrogen-bond donors (Lipinski definition) is 0. The Bertz CT molecular complexity index is 571. The molecule has 21 heavy (non-hydrogen) atoms. The Hall–Kier alpha value is -2.17. The Morgan fingerprint density at radius 1 is 1.52 bits per heavy atom. The lowest BCUT2D eigenvalue weighted by Gasteiger charge is -2.21. The minimum absolute atomic E-state index is 0.0416. The number of methoxy groups -OCH3 is 1. The molecule has 0 radical (unpaired) electrons. The normalized spacial score (nSPS) is 9.95. The van der Waals surface area contributed by atoms with Crippen molar-refractivity contribution in [2.45, 2.75) is 6.42 Å². The lowest BCUT2D eigenvalue weighted by molar-refractivity contribution is -0.384. The van der Waals surface area contributed by atoms with Crippen molar-refractivity contribution in [1.29, 1.82) is 5.26 Å². The van der Waals surface area contributed by atoms with E-state index >= 15 is 0 Å². The number of halogens is 1. The van der Waals surface area contributed by atoms with E-state index < -0.39 is 10.8 Å². The van der Waals surface area contributed by atoms with Crippen LogP contribution in [-0.2, 0) is 4.74 Å². The topological polar surface area (TPSA) is 96.5 Å². The van der Waals surface area contributed by atoms with Crippen molar-refractivity contribution in [2.75, 3.05) is 26.8 Å². The molecular formula is C13H14ClN3O4. The second-order valence-corrected chi connectivity index (χ2v) is 4.52. The first-order valence-electron chi connectivity index (χ1n) is 6.10. The molecule has 0 saturated heterocycles. The van der Waals surface area contributed by atoms with Crippen LogP contribution in [0.4, 0.5) is 5.69 Å². The van der Waals surface area contributed by atoms with Gasteiger partial charge in [-0.05, 0) is 6.07 Å². The van der Waals surface area contributed by atoms with Gasteiger partial charge < -0.3 is 9.64 Å². The number of nitrogens with zero attached hydrogens (tertiary/aromatic N) is 3. The molecule has 0 aliphatic heterocycles. The van der Waals surface area contributed by atoms with Crippen LogP contribution < -0.4 is 0 Å². The standard InChI is InChI=1S/C13H14ClN3O4/c1-21-8-7-16(6-2-5-15)13(18)11-9-10(17(19)20)3-4-12(11)14/h3-4,9H,2,6-8H2,1H3. The van der Waals surface area contributed by atoms with Crippen LogP contribution in [0.1, 0.15) is 16.8 Å². The molecule has 1 amide bonds. The molecule has 0 atom stereocenters. The fraction of sp³-hybridized carbons (Fsp3) is 0.385. The number of ether oxygens (including phenoxy) is 1. The highest BCUT2D eigenvalue weighted by Crippen LogP contribution is 2.23. The largest absolute Gasteiger partial charge is 0.383 e. The summed E-state index contributed by atoms with van der Waals surface area (Å²) in [6, 6.07) is 5.63. The number of non-ortho nitro benzene ring substituents is 1. The first-order valence-corrected chi connectivity index (χ1v) is 6.48. The van der Waals surface area contributed by atoms with Crippen molar-refractivity contribution in [3.8, 4) is 6.07 Å². The lowest BCUT2D eigenvalue weighted by Crippen LogP contribution is -2.34. The van der Waals surface area contributed by atoms with Crippen LogP contribution in [0.3, 0.4) is 0 Å². The molecule has 1 aromatic carbocycles. The molecule has 0 aliphatic carbocycles. The predicted octanol–water partition coefficient (Wildman–Crippen LogP) is 2.25. The van der Waals surface area contributed by atoms with E-state index in [2.05, 4.69) is 0 Å². The number of nitro groups is 1. The maximum absolute atomic E-state index is 12.4. The van der Waals surface area contributed by atoms with Crippen molar-refractivity contribution < 1.29 is 14.5 Å². The summed E-state index contributed by atoms with van der Waals surface area (Å²) in [5.74, 6) is -0.462. The minimum Gasteiger partial charge on any atom is -0.383 e. The summed E-state index contributed by atoms with van der Waals surface area (Å²) < 4.78 is 4.91. The third-order valence-corrected chi connectivity index (χ3v) is 3.07. The monoisotopic (exact) mass is 311 g/mol. The van der Waals surface area contributed by atoms with E-state index in [9.17, 15) is 14.9 Å². The molecule has 0 bridgehead atoms. The minimum atomic E-state index is -0.595. The number of rotatable bonds is 7. The summed E-state index contributed by atoms with van der Waals surface area (Å²) in [6.07, 6.45) is 0.155. The Morgan fingerprint density at radius 2 is 2.24 bits per heavy atom. The molecule has 8 heteroatoms. The van der Waals surface area contributed by atoms with E-state index in [0.29, 0.717) is 6.61 Å². The van der Waals surface area contributed by atoms with E-state index in [0.717, 1.165) is 6.07 Å². The van der Waals surface area contributed by atoms with Gasteiger partial charge in [-0.15, -0.1) is 0 Å². The smallest absolute Gasteiger partial charge is 0.270 e. The lowest BCUT2D eigenvalue weighted by atomic mass is 10.1. The van der Waals surface area contributed by atoms with Gasteiger partial charge in [0.25, 0.3) is 11.6 Å². The summed E-state index contributed by atoms with van der Waals surface area (Å²) in [4.78, 5) is 24.0. The summed E-state index contributed by atoms with van der Waals surface area (Å²) in [6.45, 7) is 0.775. The van der Waals surface area contributed by atoms with Crippen LogP contribution in [0.5, 0.6) is 0 Å². The Balaban J connectivity index is 3.04. The zero-order chi connectivity index (χ0) is 15.8. The zero-order valence-electron chi connectivity index (χ0n) is 11.4. The number of carbonyl (C=O) groups excluding carboxylic acids is 1. The summed E-state index contributed by atoms with van der Waals surface area (Å²) in [5.41, 5.74) is -0.172. The molecule has 0 fully saturated rings. The van der Waals surface area contributed by atoms with E-state index in [4.69, 9.17) is 21.6 Å². The van der Waals surface area contributed by atoms with Crippen LogP contribution in [0.25, 0.3) is 0 Å². The number of hydrogen-bond acceptors (Lipinski definition) is 5. The average molecular weight is 312 g/mol. The van der Waals surface area contributed by atoms with Crippen LogP contribution in [0, 0.1) is 21.4 Å². The van der Waals surface area contributed by atoms with Crippen LogP contribution in [0.2, 0.25) is 5.02 Å². The molecule has 0 saturated carbocycles. The van der Waals surface area contributed by atoms with Crippen molar-refractivity contribution in [3.05, 3.63) is 38.9 Å². The van der Waals surface area contributed by atoms with Crippen molar-refractivity contribution >= 4 is 23.2 Å². The summed E-state index contributed by atoms with van der Waals surface area (Å²) in [5, 5.41) is 19.5. The quantitative estimate of drug-likeness (QED) is 0.568. The second kappa shape index (κ2) is 8.19. The van der Waals surface area contributed by atoms with Crippen LogP contribution >= 0.6 is 11.6 Å². The number of nitro benzene ring substituents is 1. The highest BCUT2D eigenvalue weighted by molar-refractivity contribution is 6.33. The Kier molecular flexibility index (Phi) is 6.59. The Morgan fingerprint density at radius 3 is 2.81 bits per heavy atom. The van der Waals surface area contributed by atoms with Gasteiger partial charge in [-0.1, -0.05) is 11.6 Å². The van der Waals surface area contributed by atoms with E-state index in [-0.39, 0.29) is 35.8 Å². The molecular weight excluding hydrogens is 298 g/mol. The third kappa shape index (κ3) is 4.70. The third-order valence-electron chi connectivity index (χ3n) is 2.74. The van der Waals surface area contributed by atoms with Crippen molar-refractivity contribution in [3.63, 3.8) is 0 Å². The highest BCUT2D eigenvalue weighted by Gasteiger charge is 2.21. The van der Waals surface area contributed by atoms with Gasteiger partial charge in [-0.25, -0.2) is 0 Å². The molecule has 112 valence electrons. The summed E-state index contributed by atoms with van der Waals surface area (Å²) >= 11 is 5.94. The maximum Gasteiger partial charge on any atom is 0.270 e. The van der Waals surface area contributed by atoms with Gasteiger partial charge in [-0.2, -0.15) is 5.26 Å². The molecule has 1 rings (SSSR count). The summed E-state index contributed by atoms with van der Waals surface area (Å²) in [7, 11) is 1.49. The van der Waals surface area contributed by atoms with Gasteiger partial charge >= 0.3 is 0 Å². The van der Waals surface area contributed by atoms with Crippen LogP contribution in [0.15, 0.2) is 18.2 Å². The van der Waals surface area contributed by atoms with Gasteiger partial charge in [0.15, 0.2) is 0 Å². The van der Waals surface area contributed by atoms with Crippen LogP contribution in [-0.4, -0.2) is 42.5 Å². The van der Waals surface area contributed by atoms with Crippen molar-refractivity contribution in [1.82, 2.24) is 4.90 Å².